The van der Waals surface area contributed by atoms with E-state index in [0.29, 0.717) is 17.7 Å². The first-order chi connectivity index (χ1) is 8.49. The number of amides is 1. The van der Waals surface area contributed by atoms with Crippen molar-refractivity contribution >= 4 is 11.7 Å². The van der Waals surface area contributed by atoms with E-state index in [2.05, 4.69) is 5.16 Å². The van der Waals surface area contributed by atoms with Crippen LogP contribution in [-0.4, -0.2) is 34.9 Å². The van der Waals surface area contributed by atoms with E-state index >= 15 is 0 Å². The summed E-state index contributed by atoms with van der Waals surface area (Å²) in [6.45, 7) is 3.88. The van der Waals surface area contributed by atoms with Crippen molar-refractivity contribution in [2.75, 3.05) is 13.1 Å². The molecule has 0 bridgehead atoms. The van der Waals surface area contributed by atoms with Gasteiger partial charge in [-0.25, -0.2) is 4.39 Å². The summed E-state index contributed by atoms with van der Waals surface area (Å²) in [6.07, 6.45) is 0. The largest absolute Gasteiger partial charge is 0.409 e. The third-order valence-corrected chi connectivity index (χ3v) is 2.57. The summed E-state index contributed by atoms with van der Waals surface area (Å²) in [4.78, 5) is 13.6. The van der Waals surface area contributed by atoms with E-state index in [9.17, 15) is 9.18 Å². The highest BCUT2D eigenvalue weighted by Gasteiger charge is 2.17. The molecule has 0 atom stereocenters. The molecule has 1 amide bonds. The van der Waals surface area contributed by atoms with Gasteiger partial charge in [0.2, 0.25) is 0 Å². The van der Waals surface area contributed by atoms with Crippen molar-refractivity contribution in [1.29, 1.82) is 0 Å². The SMILES string of the molecule is CCN(C/C(N)=N/O)C(=O)c1ccc(F)cc1C. The van der Waals surface area contributed by atoms with Crippen LogP contribution in [-0.2, 0) is 0 Å². The van der Waals surface area contributed by atoms with Gasteiger partial charge >= 0.3 is 0 Å². The lowest BCUT2D eigenvalue weighted by molar-refractivity contribution is 0.0785. The Kier molecular flexibility index (Phi) is 4.65. The lowest BCUT2D eigenvalue weighted by Crippen LogP contribution is -2.38. The van der Waals surface area contributed by atoms with E-state index < -0.39 is 0 Å². The average Bonchev–Trinajstić information content (AvgIpc) is 2.34. The fraction of sp³-hybridized carbons (Fsp3) is 0.333. The molecule has 1 aromatic rings. The third-order valence-electron chi connectivity index (χ3n) is 2.57. The molecule has 1 rings (SSSR count). The van der Waals surface area contributed by atoms with Crippen molar-refractivity contribution in [2.24, 2.45) is 10.9 Å². The minimum absolute atomic E-state index is 0.0304. The Balaban J connectivity index is 2.96. The zero-order valence-electron chi connectivity index (χ0n) is 10.4. The summed E-state index contributed by atoms with van der Waals surface area (Å²) >= 11 is 0. The van der Waals surface area contributed by atoms with Crippen molar-refractivity contribution in [3.8, 4) is 0 Å². The quantitative estimate of drug-likeness (QED) is 0.368. The molecule has 0 spiro atoms. The van der Waals surface area contributed by atoms with E-state index in [0.717, 1.165) is 0 Å². The van der Waals surface area contributed by atoms with Crippen LogP contribution in [0.15, 0.2) is 23.4 Å². The van der Waals surface area contributed by atoms with Crippen LogP contribution >= 0.6 is 0 Å². The first kappa shape index (κ1) is 14.0. The molecule has 18 heavy (non-hydrogen) atoms. The number of aryl methyl sites for hydroxylation is 1. The molecule has 0 saturated heterocycles. The Morgan fingerprint density at radius 3 is 2.72 bits per heavy atom. The normalized spacial score (nSPS) is 11.4. The van der Waals surface area contributed by atoms with Crippen LogP contribution in [0.1, 0.15) is 22.8 Å². The number of nitrogens with zero attached hydrogens (tertiary/aromatic N) is 2. The number of likely N-dealkylation sites (N-methyl/N-ethyl adjacent to an activating group) is 1. The van der Waals surface area contributed by atoms with E-state index in [4.69, 9.17) is 10.9 Å². The Morgan fingerprint density at radius 2 is 2.22 bits per heavy atom. The van der Waals surface area contributed by atoms with E-state index in [1.165, 1.54) is 23.1 Å². The lowest BCUT2D eigenvalue weighted by atomic mass is 10.1. The Bertz CT molecular complexity index is 474. The molecule has 0 saturated carbocycles. The maximum absolute atomic E-state index is 13.0. The van der Waals surface area contributed by atoms with Gasteiger partial charge in [0.25, 0.3) is 5.91 Å². The zero-order chi connectivity index (χ0) is 13.7. The van der Waals surface area contributed by atoms with Crippen molar-refractivity contribution in [3.63, 3.8) is 0 Å². The second-order valence-electron chi connectivity index (χ2n) is 3.87. The molecule has 0 fully saturated rings. The number of carbonyl (C=O) groups is 1. The number of oxime groups is 1. The number of rotatable bonds is 4. The maximum atomic E-state index is 13.0. The van der Waals surface area contributed by atoms with Crippen LogP contribution in [0.3, 0.4) is 0 Å². The second-order valence-corrected chi connectivity index (χ2v) is 3.87. The summed E-state index contributed by atoms with van der Waals surface area (Å²) in [7, 11) is 0. The number of hydrogen-bond acceptors (Lipinski definition) is 3. The van der Waals surface area contributed by atoms with Crippen molar-refractivity contribution < 1.29 is 14.4 Å². The molecule has 0 aromatic heterocycles. The first-order valence-corrected chi connectivity index (χ1v) is 5.51. The molecule has 0 aliphatic heterocycles. The molecule has 0 unspecified atom stereocenters. The van der Waals surface area contributed by atoms with Crippen LogP contribution in [0.2, 0.25) is 0 Å². The van der Waals surface area contributed by atoms with Gasteiger partial charge in [-0.2, -0.15) is 0 Å². The number of benzene rings is 1. The molecule has 0 radical (unpaired) electrons. The van der Waals surface area contributed by atoms with Crippen LogP contribution in [0.4, 0.5) is 4.39 Å². The molecular weight excluding hydrogens is 237 g/mol. The fourth-order valence-electron chi connectivity index (χ4n) is 1.59. The highest BCUT2D eigenvalue weighted by atomic mass is 19.1. The number of amidine groups is 1. The molecule has 98 valence electrons. The first-order valence-electron chi connectivity index (χ1n) is 5.51. The van der Waals surface area contributed by atoms with Gasteiger partial charge in [-0.15, -0.1) is 0 Å². The molecule has 5 nitrogen and oxygen atoms in total. The van der Waals surface area contributed by atoms with Crippen LogP contribution in [0.5, 0.6) is 0 Å². The van der Waals surface area contributed by atoms with Gasteiger partial charge in [-0.05, 0) is 37.6 Å². The van der Waals surface area contributed by atoms with Gasteiger partial charge in [-0.1, -0.05) is 5.16 Å². The number of carbonyl (C=O) groups excluding carboxylic acids is 1. The predicted molar refractivity (Wildman–Crippen MR) is 66.1 cm³/mol. The van der Waals surface area contributed by atoms with Crippen LogP contribution < -0.4 is 5.73 Å². The minimum Gasteiger partial charge on any atom is -0.409 e. The highest BCUT2D eigenvalue weighted by molar-refractivity contribution is 5.98. The molecule has 0 heterocycles. The summed E-state index contributed by atoms with van der Waals surface area (Å²) in [6, 6.07) is 3.96. The van der Waals surface area contributed by atoms with Crippen molar-refractivity contribution in [3.05, 3.63) is 35.1 Å². The summed E-state index contributed by atoms with van der Waals surface area (Å²) in [5.41, 5.74) is 6.33. The van der Waals surface area contributed by atoms with Crippen LogP contribution in [0, 0.1) is 12.7 Å². The molecule has 3 N–H and O–H groups in total. The minimum atomic E-state index is -0.386. The summed E-state index contributed by atoms with van der Waals surface area (Å²) < 4.78 is 13.0. The number of hydrogen-bond donors (Lipinski definition) is 2. The van der Waals surface area contributed by atoms with Gasteiger partial charge in [0.05, 0.1) is 6.54 Å². The molecule has 6 heteroatoms. The van der Waals surface area contributed by atoms with Crippen LogP contribution in [0.25, 0.3) is 0 Å². The monoisotopic (exact) mass is 253 g/mol. The van der Waals surface area contributed by atoms with E-state index in [1.807, 2.05) is 0 Å². The number of halogens is 1. The molecular formula is C12H16FN3O2. The van der Waals surface area contributed by atoms with E-state index in [-0.39, 0.29) is 24.1 Å². The van der Waals surface area contributed by atoms with E-state index in [1.54, 1.807) is 13.8 Å². The standard InChI is InChI=1S/C12H16FN3O2/c1-3-16(7-11(14)15-18)12(17)10-5-4-9(13)6-8(10)2/h4-6,18H,3,7H2,1-2H3,(H2,14,15). The highest BCUT2D eigenvalue weighted by Crippen LogP contribution is 2.12. The Labute approximate surface area is 105 Å². The summed E-state index contributed by atoms with van der Waals surface area (Å²) in [5, 5.41) is 11.3. The van der Waals surface area contributed by atoms with Crippen molar-refractivity contribution in [2.45, 2.75) is 13.8 Å². The Morgan fingerprint density at radius 1 is 1.56 bits per heavy atom. The fourth-order valence-corrected chi connectivity index (χ4v) is 1.59. The van der Waals surface area contributed by atoms with Crippen molar-refractivity contribution in [1.82, 2.24) is 4.90 Å². The van der Waals surface area contributed by atoms with Gasteiger partial charge in [0, 0.05) is 12.1 Å². The Hall–Kier alpha value is -2.11. The number of nitrogens with two attached hydrogens (primary N) is 1. The maximum Gasteiger partial charge on any atom is 0.254 e. The average molecular weight is 253 g/mol. The second kappa shape index (κ2) is 6.00. The molecule has 1 aromatic carbocycles. The van der Waals surface area contributed by atoms with Gasteiger partial charge in [-0.3, -0.25) is 4.79 Å². The predicted octanol–water partition coefficient (Wildman–Crippen LogP) is 1.34. The lowest BCUT2D eigenvalue weighted by Gasteiger charge is -2.21. The smallest absolute Gasteiger partial charge is 0.254 e. The van der Waals surface area contributed by atoms with Gasteiger partial charge < -0.3 is 15.8 Å². The summed E-state index contributed by atoms with van der Waals surface area (Å²) in [5.74, 6) is -0.713. The molecule has 0 aliphatic rings. The molecule has 0 aliphatic carbocycles. The zero-order valence-corrected chi connectivity index (χ0v) is 10.4. The van der Waals surface area contributed by atoms with Gasteiger partial charge in [0.1, 0.15) is 5.82 Å². The third kappa shape index (κ3) is 3.19. The van der Waals surface area contributed by atoms with Gasteiger partial charge in [0.15, 0.2) is 5.84 Å². The topological polar surface area (TPSA) is 78.9 Å².